The number of fused-ring (bicyclic) bond motifs is 1. The highest BCUT2D eigenvalue weighted by molar-refractivity contribution is 6.10. The number of rotatable bonds is 5. The van der Waals surface area contributed by atoms with Crippen molar-refractivity contribution in [3.63, 3.8) is 0 Å². The Morgan fingerprint density at radius 2 is 1.97 bits per heavy atom. The summed E-state index contributed by atoms with van der Waals surface area (Å²) >= 11 is 0. The van der Waals surface area contributed by atoms with E-state index in [0.717, 1.165) is 23.2 Å². The van der Waals surface area contributed by atoms with Gasteiger partial charge in [-0.25, -0.2) is 9.37 Å². The average molecular weight is 393 g/mol. The number of benzene rings is 1. The molecule has 3 aromatic rings. The summed E-state index contributed by atoms with van der Waals surface area (Å²) in [4.78, 5) is 9.06. The number of pyridine rings is 2. The van der Waals surface area contributed by atoms with Crippen LogP contribution in [0, 0.1) is 5.82 Å². The van der Waals surface area contributed by atoms with E-state index in [1.165, 1.54) is 20.3 Å². The van der Waals surface area contributed by atoms with E-state index in [4.69, 9.17) is 9.47 Å². The standard InChI is InChI=1S/C21H20FN5O2/c1-27-7-6-13(12-24-27)14-8-17-16(23-11-14)4-5-20(25-17)26-18-9-15(28-2)10-19(29-3)21(18)22/h4-6,8-12H,7H2,1-3H3,(H,25,26). The highest BCUT2D eigenvalue weighted by Crippen LogP contribution is 2.32. The SMILES string of the molecule is COc1cc(Nc2ccc3ncc(C4=CCN(C)N=C4)cc3n2)c(F)c(OC)c1. The van der Waals surface area contributed by atoms with E-state index in [1.807, 2.05) is 24.2 Å². The summed E-state index contributed by atoms with van der Waals surface area (Å²) in [7, 11) is 4.83. The van der Waals surface area contributed by atoms with Crippen molar-refractivity contribution in [3.05, 3.63) is 54.0 Å². The smallest absolute Gasteiger partial charge is 0.188 e. The first-order valence-electron chi connectivity index (χ1n) is 8.98. The van der Waals surface area contributed by atoms with Crippen LogP contribution in [0.1, 0.15) is 5.56 Å². The third-order valence-electron chi connectivity index (χ3n) is 4.57. The van der Waals surface area contributed by atoms with Gasteiger partial charge in [-0.2, -0.15) is 5.10 Å². The number of halogens is 1. The molecule has 0 saturated carbocycles. The Morgan fingerprint density at radius 1 is 1.10 bits per heavy atom. The van der Waals surface area contributed by atoms with E-state index >= 15 is 0 Å². The molecule has 4 rings (SSSR count). The zero-order chi connectivity index (χ0) is 20.4. The monoisotopic (exact) mass is 393 g/mol. The van der Waals surface area contributed by atoms with Crippen molar-refractivity contribution in [2.45, 2.75) is 0 Å². The number of hydrogen-bond donors (Lipinski definition) is 1. The van der Waals surface area contributed by atoms with Crippen molar-refractivity contribution >= 4 is 34.3 Å². The topological polar surface area (TPSA) is 71.9 Å². The molecule has 0 aliphatic carbocycles. The molecule has 0 radical (unpaired) electrons. The zero-order valence-electron chi connectivity index (χ0n) is 16.3. The molecule has 2 aromatic heterocycles. The molecule has 0 spiro atoms. The van der Waals surface area contributed by atoms with Crippen LogP contribution in [0.25, 0.3) is 16.6 Å². The Bertz CT molecular complexity index is 1130. The molecule has 1 aliphatic rings. The molecular weight excluding hydrogens is 373 g/mol. The molecule has 1 aliphatic heterocycles. The molecule has 0 bridgehead atoms. The van der Waals surface area contributed by atoms with Crippen LogP contribution >= 0.6 is 0 Å². The van der Waals surface area contributed by atoms with E-state index in [9.17, 15) is 4.39 Å². The van der Waals surface area contributed by atoms with Crippen molar-refractivity contribution in [2.24, 2.45) is 5.10 Å². The molecular formula is C21H20FN5O2. The predicted molar refractivity (Wildman–Crippen MR) is 111 cm³/mol. The number of methoxy groups -OCH3 is 2. The number of nitrogens with one attached hydrogen (secondary N) is 1. The highest BCUT2D eigenvalue weighted by Gasteiger charge is 2.13. The minimum atomic E-state index is -0.519. The second kappa shape index (κ2) is 7.75. The van der Waals surface area contributed by atoms with E-state index in [-0.39, 0.29) is 11.4 Å². The Morgan fingerprint density at radius 3 is 2.69 bits per heavy atom. The fourth-order valence-electron chi connectivity index (χ4n) is 2.99. The number of hydrogen-bond acceptors (Lipinski definition) is 7. The second-order valence-corrected chi connectivity index (χ2v) is 6.52. The largest absolute Gasteiger partial charge is 0.497 e. The lowest BCUT2D eigenvalue weighted by molar-refractivity contribution is 0.375. The number of aromatic nitrogens is 2. The number of anilines is 2. The maximum absolute atomic E-state index is 14.6. The van der Waals surface area contributed by atoms with Gasteiger partial charge < -0.3 is 14.8 Å². The van der Waals surface area contributed by atoms with Gasteiger partial charge in [0.25, 0.3) is 0 Å². The van der Waals surface area contributed by atoms with Gasteiger partial charge in [-0.3, -0.25) is 9.99 Å². The molecule has 0 fully saturated rings. The Labute approximate surface area is 167 Å². The molecule has 29 heavy (non-hydrogen) atoms. The lowest BCUT2D eigenvalue weighted by Gasteiger charge is -2.16. The molecule has 1 N–H and O–H groups in total. The van der Waals surface area contributed by atoms with Crippen LogP contribution in [-0.2, 0) is 0 Å². The van der Waals surface area contributed by atoms with Crippen molar-refractivity contribution < 1.29 is 13.9 Å². The summed E-state index contributed by atoms with van der Waals surface area (Å²) in [6, 6.07) is 8.57. The number of ether oxygens (including phenoxy) is 2. The number of hydrazone groups is 1. The first-order valence-corrected chi connectivity index (χ1v) is 8.98. The zero-order valence-corrected chi connectivity index (χ0v) is 16.3. The van der Waals surface area contributed by atoms with Gasteiger partial charge >= 0.3 is 0 Å². The van der Waals surface area contributed by atoms with Crippen LogP contribution < -0.4 is 14.8 Å². The van der Waals surface area contributed by atoms with Gasteiger partial charge in [0.2, 0.25) is 0 Å². The fraction of sp³-hybridized carbons (Fsp3) is 0.190. The molecule has 1 aromatic carbocycles. The Balaban J connectivity index is 1.68. The van der Waals surface area contributed by atoms with Crippen LogP contribution in [0.3, 0.4) is 0 Å². The summed E-state index contributed by atoms with van der Waals surface area (Å²) in [5.74, 6) is 0.528. The minimum Gasteiger partial charge on any atom is -0.497 e. The normalized spacial score (nSPS) is 13.4. The van der Waals surface area contributed by atoms with Gasteiger partial charge in [0.1, 0.15) is 11.6 Å². The predicted octanol–water partition coefficient (Wildman–Crippen LogP) is 3.84. The molecule has 3 heterocycles. The number of allylic oxidation sites excluding steroid dienone is 1. The maximum atomic E-state index is 14.6. The van der Waals surface area contributed by atoms with E-state index in [0.29, 0.717) is 17.1 Å². The summed E-state index contributed by atoms with van der Waals surface area (Å²) in [5, 5.41) is 9.14. The summed E-state index contributed by atoms with van der Waals surface area (Å²) in [5.41, 5.74) is 3.56. The molecule has 7 nitrogen and oxygen atoms in total. The number of nitrogens with zero attached hydrogens (tertiary/aromatic N) is 4. The first-order chi connectivity index (χ1) is 14.1. The van der Waals surface area contributed by atoms with Crippen molar-refractivity contribution in [3.8, 4) is 11.5 Å². The Kier molecular flexibility index (Phi) is 4.99. The average Bonchev–Trinajstić information content (AvgIpc) is 2.75. The van der Waals surface area contributed by atoms with Gasteiger partial charge in [0.15, 0.2) is 11.6 Å². The van der Waals surface area contributed by atoms with Gasteiger partial charge in [-0.05, 0) is 18.2 Å². The summed E-state index contributed by atoms with van der Waals surface area (Å²) in [6.07, 6.45) is 5.68. The first kappa shape index (κ1) is 18.7. The lowest BCUT2D eigenvalue weighted by atomic mass is 10.1. The van der Waals surface area contributed by atoms with Crippen LogP contribution in [0.4, 0.5) is 15.9 Å². The van der Waals surface area contributed by atoms with Gasteiger partial charge in [0, 0.05) is 36.5 Å². The van der Waals surface area contributed by atoms with Gasteiger partial charge in [-0.15, -0.1) is 0 Å². The van der Waals surface area contributed by atoms with Gasteiger partial charge in [0.05, 0.1) is 43.7 Å². The molecule has 8 heteroatoms. The van der Waals surface area contributed by atoms with Crippen LogP contribution in [-0.4, -0.2) is 49.0 Å². The van der Waals surface area contributed by atoms with E-state index < -0.39 is 5.82 Å². The third kappa shape index (κ3) is 3.82. The van der Waals surface area contributed by atoms with Crippen LogP contribution in [0.5, 0.6) is 11.5 Å². The summed E-state index contributed by atoms with van der Waals surface area (Å²) < 4.78 is 24.9. The molecule has 0 atom stereocenters. The molecule has 0 amide bonds. The minimum absolute atomic E-state index is 0.0880. The highest BCUT2D eigenvalue weighted by atomic mass is 19.1. The van der Waals surface area contributed by atoms with Crippen LogP contribution in [0.15, 0.2) is 47.7 Å². The number of likely N-dealkylation sites (N-methyl/N-ethyl adjacent to an activating group) is 1. The van der Waals surface area contributed by atoms with E-state index in [1.54, 1.807) is 24.5 Å². The third-order valence-corrected chi connectivity index (χ3v) is 4.57. The van der Waals surface area contributed by atoms with Crippen LogP contribution in [0.2, 0.25) is 0 Å². The fourth-order valence-corrected chi connectivity index (χ4v) is 2.99. The quantitative estimate of drug-likeness (QED) is 0.710. The second-order valence-electron chi connectivity index (χ2n) is 6.52. The molecule has 148 valence electrons. The van der Waals surface area contributed by atoms with Gasteiger partial charge in [-0.1, -0.05) is 6.08 Å². The Hall–Kier alpha value is -3.68. The summed E-state index contributed by atoms with van der Waals surface area (Å²) in [6.45, 7) is 0.732. The molecule has 0 unspecified atom stereocenters. The molecule has 0 saturated heterocycles. The van der Waals surface area contributed by atoms with Crippen molar-refractivity contribution in [2.75, 3.05) is 33.1 Å². The maximum Gasteiger partial charge on any atom is 0.188 e. The van der Waals surface area contributed by atoms with Crippen molar-refractivity contribution in [1.29, 1.82) is 0 Å². The van der Waals surface area contributed by atoms with E-state index in [2.05, 4.69) is 26.5 Å². The lowest BCUT2D eigenvalue weighted by Crippen LogP contribution is -2.15. The van der Waals surface area contributed by atoms with Crippen molar-refractivity contribution in [1.82, 2.24) is 15.0 Å².